The number of hydrogen-bond donors (Lipinski definition) is 2. The summed E-state index contributed by atoms with van der Waals surface area (Å²) < 4.78 is 6.92. The molecule has 9 heteroatoms. The van der Waals surface area contributed by atoms with Gasteiger partial charge in [-0.3, -0.25) is 9.78 Å². The van der Waals surface area contributed by atoms with Crippen LogP contribution in [0.5, 0.6) is 0 Å². The fourth-order valence-electron chi connectivity index (χ4n) is 3.65. The van der Waals surface area contributed by atoms with Gasteiger partial charge >= 0.3 is 5.97 Å². The summed E-state index contributed by atoms with van der Waals surface area (Å²) in [4.78, 5) is 28.9. The molecule has 1 aliphatic rings. The van der Waals surface area contributed by atoms with E-state index < -0.39 is 17.9 Å². The molecule has 0 radical (unpaired) electrons. The molecule has 29 heavy (non-hydrogen) atoms. The van der Waals surface area contributed by atoms with Crippen molar-refractivity contribution in [1.82, 2.24) is 25.3 Å². The maximum absolute atomic E-state index is 12.8. The molecule has 4 rings (SSSR count). The first kappa shape index (κ1) is 19.0. The van der Waals surface area contributed by atoms with Crippen LogP contribution in [0.1, 0.15) is 29.0 Å². The van der Waals surface area contributed by atoms with Gasteiger partial charge in [-0.2, -0.15) is 0 Å². The van der Waals surface area contributed by atoms with Crippen molar-refractivity contribution in [3.05, 3.63) is 47.9 Å². The Hall–Kier alpha value is -3.33. The number of hydrogen-bond acceptors (Lipinski definition) is 6. The molecule has 2 atom stereocenters. The van der Waals surface area contributed by atoms with Crippen LogP contribution in [0.2, 0.25) is 0 Å². The molecule has 1 aromatic carbocycles. The molecule has 2 aromatic heterocycles. The summed E-state index contributed by atoms with van der Waals surface area (Å²) in [5, 5.41) is 21.2. The molecule has 0 spiro atoms. The van der Waals surface area contributed by atoms with Gasteiger partial charge in [-0.25, -0.2) is 9.48 Å². The zero-order chi connectivity index (χ0) is 20.4. The Bertz CT molecular complexity index is 1050. The molecule has 1 amide bonds. The maximum Gasteiger partial charge on any atom is 0.326 e. The summed E-state index contributed by atoms with van der Waals surface area (Å²) in [6.45, 7) is 2.64. The highest BCUT2D eigenvalue weighted by molar-refractivity contribution is 5.96. The van der Waals surface area contributed by atoms with E-state index in [0.717, 1.165) is 17.3 Å². The van der Waals surface area contributed by atoms with Crippen LogP contribution in [-0.2, 0) is 9.53 Å². The van der Waals surface area contributed by atoms with Crippen molar-refractivity contribution in [3.8, 4) is 5.69 Å². The van der Waals surface area contributed by atoms with Crippen molar-refractivity contribution < 1.29 is 19.4 Å². The number of aromatic nitrogens is 4. The first-order valence-corrected chi connectivity index (χ1v) is 9.44. The molecule has 3 aromatic rings. The van der Waals surface area contributed by atoms with Crippen LogP contribution >= 0.6 is 0 Å². The molecule has 0 bridgehead atoms. The van der Waals surface area contributed by atoms with E-state index in [1.807, 2.05) is 30.3 Å². The molecule has 1 aliphatic heterocycles. The van der Waals surface area contributed by atoms with Crippen LogP contribution < -0.4 is 5.32 Å². The number of aliphatic carboxylic acids is 1. The lowest BCUT2D eigenvalue weighted by Gasteiger charge is -2.27. The topological polar surface area (TPSA) is 119 Å². The lowest BCUT2D eigenvalue weighted by molar-refractivity contribution is -0.142. The van der Waals surface area contributed by atoms with Crippen LogP contribution in [0.15, 0.2) is 36.5 Å². The van der Waals surface area contributed by atoms with Gasteiger partial charge in [0.1, 0.15) is 6.04 Å². The monoisotopic (exact) mass is 395 g/mol. The molecule has 9 nitrogen and oxygen atoms in total. The van der Waals surface area contributed by atoms with Crippen LogP contribution in [0.25, 0.3) is 16.6 Å². The Morgan fingerprint density at radius 3 is 2.90 bits per heavy atom. The van der Waals surface area contributed by atoms with Crippen LogP contribution in [0, 0.1) is 12.8 Å². The predicted molar refractivity (Wildman–Crippen MR) is 104 cm³/mol. The molecule has 2 unspecified atom stereocenters. The van der Waals surface area contributed by atoms with Gasteiger partial charge in [-0.1, -0.05) is 23.4 Å². The summed E-state index contributed by atoms with van der Waals surface area (Å²) in [7, 11) is 0. The summed E-state index contributed by atoms with van der Waals surface area (Å²) in [5.74, 6) is -1.93. The summed E-state index contributed by atoms with van der Waals surface area (Å²) in [5.41, 5.74) is 2.02. The number of pyridine rings is 1. The lowest BCUT2D eigenvalue weighted by atomic mass is 9.93. The number of carboxylic acid groups (broad SMARTS) is 1. The number of carbonyl (C=O) groups excluding carboxylic acids is 1. The fourth-order valence-corrected chi connectivity index (χ4v) is 3.65. The molecular formula is C20H21N5O4. The number of nitrogens with zero attached hydrogens (tertiary/aromatic N) is 4. The molecular weight excluding hydrogens is 374 g/mol. The summed E-state index contributed by atoms with van der Waals surface area (Å²) in [6.07, 6.45) is 3.15. The zero-order valence-electron chi connectivity index (χ0n) is 15.9. The van der Waals surface area contributed by atoms with Crippen molar-refractivity contribution in [2.45, 2.75) is 25.8 Å². The van der Waals surface area contributed by atoms with Crippen molar-refractivity contribution in [1.29, 1.82) is 0 Å². The van der Waals surface area contributed by atoms with E-state index in [9.17, 15) is 14.7 Å². The average molecular weight is 395 g/mol. The number of rotatable bonds is 5. The largest absolute Gasteiger partial charge is 0.480 e. The van der Waals surface area contributed by atoms with Crippen molar-refractivity contribution in [2.24, 2.45) is 5.92 Å². The second kappa shape index (κ2) is 7.96. The van der Waals surface area contributed by atoms with Gasteiger partial charge in [0.15, 0.2) is 5.69 Å². The minimum Gasteiger partial charge on any atom is -0.480 e. The van der Waals surface area contributed by atoms with E-state index in [0.29, 0.717) is 31.0 Å². The molecule has 1 fully saturated rings. The third-order valence-electron chi connectivity index (χ3n) is 5.17. The van der Waals surface area contributed by atoms with E-state index in [-0.39, 0.29) is 11.6 Å². The summed E-state index contributed by atoms with van der Waals surface area (Å²) in [6, 6.07) is 8.42. The first-order chi connectivity index (χ1) is 14.1. The molecule has 150 valence electrons. The highest BCUT2D eigenvalue weighted by Gasteiger charge is 2.33. The third-order valence-corrected chi connectivity index (χ3v) is 5.17. The minimum absolute atomic E-state index is 0.0842. The second-order valence-electron chi connectivity index (χ2n) is 7.05. The van der Waals surface area contributed by atoms with E-state index in [4.69, 9.17) is 4.74 Å². The zero-order valence-corrected chi connectivity index (χ0v) is 15.9. The standard InChI is InChI=1S/C20H21N5O4/c1-12-16(19(26)22-18(20(27)28)14-7-4-10-29-11-14)23-24-25(12)15-8-2-5-13-6-3-9-21-17(13)15/h2-3,5-6,8-9,14,18H,4,7,10-11H2,1H3,(H,22,26)(H,27,28). The van der Waals surface area contributed by atoms with E-state index in [1.165, 1.54) is 0 Å². The first-order valence-electron chi connectivity index (χ1n) is 9.44. The SMILES string of the molecule is Cc1c(C(=O)NC(C(=O)O)C2CCCOC2)nnn1-c1cccc2cccnc12. The van der Waals surface area contributed by atoms with Crippen LogP contribution in [0.3, 0.4) is 0 Å². The van der Waals surface area contributed by atoms with Gasteiger partial charge in [-0.05, 0) is 31.9 Å². The van der Waals surface area contributed by atoms with E-state index in [1.54, 1.807) is 17.8 Å². The predicted octanol–water partition coefficient (Wildman–Crippen LogP) is 1.73. The van der Waals surface area contributed by atoms with Crippen LogP contribution in [0.4, 0.5) is 0 Å². The quantitative estimate of drug-likeness (QED) is 0.675. The number of carbonyl (C=O) groups is 2. The minimum atomic E-state index is -1.09. The van der Waals surface area contributed by atoms with Gasteiger partial charge in [0.05, 0.1) is 23.5 Å². The molecule has 3 heterocycles. The molecule has 1 saturated heterocycles. The number of benzene rings is 1. The molecule has 2 N–H and O–H groups in total. The van der Waals surface area contributed by atoms with E-state index >= 15 is 0 Å². The van der Waals surface area contributed by atoms with Crippen molar-refractivity contribution in [2.75, 3.05) is 13.2 Å². The normalized spacial score (nSPS) is 17.8. The molecule has 0 aliphatic carbocycles. The maximum atomic E-state index is 12.8. The number of para-hydroxylation sites is 1. The second-order valence-corrected chi connectivity index (χ2v) is 7.05. The summed E-state index contributed by atoms with van der Waals surface area (Å²) >= 11 is 0. The number of ether oxygens (including phenoxy) is 1. The Labute approximate surface area is 166 Å². The Morgan fingerprint density at radius 2 is 2.14 bits per heavy atom. The number of amides is 1. The lowest BCUT2D eigenvalue weighted by Crippen LogP contribution is -2.48. The van der Waals surface area contributed by atoms with Crippen molar-refractivity contribution in [3.63, 3.8) is 0 Å². The van der Waals surface area contributed by atoms with Gasteiger partial charge < -0.3 is 15.2 Å². The smallest absolute Gasteiger partial charge is 0.326 e. The van der Waals surface area contributed by atoms with Crippen molar-refractivity contribution >= 4 is 22.8 Å². The number of carboxylic acids is 1. The average Bonchev–Trinajstić information content (AvgIpc) is 3.13. The third kappa shape index (κ3) is 3.68. The Kier molecular flexibility index (Phi) is 5.22. The van der Waals surface area contributed by atoms with Gasteiger partial charge in [-0.15, -0.1) is 5.10 Å². The Balaban J connectivity index is 1.62. The van der Waals surface area contributed by atoms with Gasteiger partial charge in [0.2, 0.25) is 0 Å². The van der Waals surface area contributed by atoms with E-state index in [2.05, 4.69) is 20.6 Å². The van der Waals surface area contributed by atoms with Crippen LogP contribution in [-0.4, -0.2) is 56.2 Å². The Morgan fingerprint density at radius 1 is 1.31 bits per heavy atom. The highest BCUT2D eigenvalue weighted by atomic mass is 16.5. The van der Waals surface area contributed by atoms with Gasteiger partial charge in [0.25, 0.3) is 5.91 Å². The molecule has 0 saturated carbocycles. The highest BCUT2D eigenvalue weighted by Crippen LogP contribution is 2.22. The fraction of sp³-hybridized carbons (Fsp3) is 0.350. The number of fused-ring (bicyclic) bond motifs is 1. The number of nitrogens with one attached hydrogen (secondary N) is 1. The van der Waals surface area contributed by atoms with Gasteiger partial charge in [0, 0.05) is 24.1 Å².